The zero-order valence-corrected chi connectivity index (χ0v) is 18.9. The Morgan fingerprint density at radius 1 is 0.917 bits per heavy atom. The highest BCUT2D eigenvalue weighted by Crippen LogP contribution is 2.39. The molecular formula is C26H21F6N3O. The van der Waals surface area contributed by atoms with Crippen molar-refractivity contribution in [1.29, 1.82) is 0 Å². The van der Waals surface area contributed by atoms with Gasteiger partial charge < -0.3 is 10.0 Å². The second-order valence-corrected chi connectivity index (χ2v) is 8.82. The van der Waals surface area contributed by atoms with E-state index in [2.05, 4.69) is 10.00 Å². The van der Waals surface area contributed by atoms with E-state index in [1.807, 2.05) is 6.07 Å². The van der Waals surface area contributed by atoms with Gasteiger partial charge in [0.05, 0.1) is 23.9 Å². The number of aliphatic hydroxyl groups is 1. The first-order valence-electron chi connectivity index (χ1n) is 11.4. The Kier molecular flexibility index (Phi) is 6.15. The summed E-state index contributed by atoms with van der Waals surface area (Å²) in [6.07, 6.45) is -3.90. The van der Waals surface area contributed by atoms with Crippen LogP contribution in [0.4, 0.5) is 32.0 Å². The molecule has 188 valence electrons. The predicted octanol–water partition coefficient (Wildman–Crippen LogP) is 6.15. The maximum atomic E-state index is 14.5. The third-order valence-electron chi connectivity index (χ3n) is 6.44. The van der Waals surface area contributed by atoms with Crippen LogP contribution in [0.25, 0.3) is 22.2 Å². The largest absolute Gasteiger partial charge is 0.418 e. The highest BCUT2D eigenvalue weighted by molar-refractivity contribution is 5.95. The van der Waals surface area contributed by atoms with Crippen LogP contribution in [-0.4, -0.2) is 34.1 Å². The molecule has 1 saturated heterocycles. The van der Waals surface area contributed by atoms with Crippen molar-refractivity contribution in [2.45, 2.75) is 31.7 Å². The Balaban J connectivity index is 1.68. The highest BCUT2D eigenvalue weighted by atomic mass is 19.4. The minimum atomic E-state index is -4.70. The van der Waals surface area contributed by atoms with Crippen molar-refractivity contribution >= 4 is 16.6 Å². The van der Waals surface area contributed by atoms with Gasteiger partial charge >= 0.3 is 6.18 Å². The number of rotatable bonds is 4. The standard InChI is InChI=1S/C26H21F6N3O/c27-16-12-22(28)20(23(29)13-16)14-35-25(19-5-2-6-21(24(19)33-35)26(30,31)32)15-3-1-4-17(11-15)34-9-7-18(36)8-10-34/h1-6,11-13,18,36H,7-10,14H2. The molecule has 1 aliphatic rings. The number of fused-ring (bicyclic) bond motifs is 1. The van der Waals surface area contributed by atoms with Crippen LogP contribution in [0.5, 0.6) is 0 Å². The van der Waals surface area contributed by atoms with Gasteiger partial charge in [0.1, 0.15) is 23.0 Å². The van der Waals surface area contributed by atoms with E-state index in [1.54, 1.807) is 18.2 Å². The lowest BCUT2D eigenvalue weighted by molar-refractivity contribution is -0.136. The van der Waals surface area contributed by atoms with E-state index >= 15 is 0 Å². The van der Waals surface area contributed by atoms with Crippen LogP contribution in [0.2, 0.25) is 0 Å². The molecule has 5 rings (SSSR count). The van der Waals surface area contributed by atoms with Gasteiger partial charge in [-0.1, -0.05) is 24.3 Å². The van der Waals surface area contributed by atoms with Gasteiger partial charge in [-0.25, -0.2) is 13.2 Å². The average Bonchev–Trinajstić information content (AvgIpc) is 3.19. The number of hydrogen-bond donors (Lipinski definition) is 1. The van der Waals surface area contributed by atoms with Gasteiger partial charge in [0.15, 0.2) is 0 Å². The topological polar surface area (TPSA) is 41.3 Å². The number of alkyl halides is 3. The van der Waals surface area contributed by atoms with Gasteiger partial charge in [-0.2, -0.15) is 18.3 Å². The van der Waals surface area contributed by atoms with Crippen LogP contribution in [0.1, 0.15) is 24.0 Å². The summed E-state index contributed by atoms with van der Waals surface area (Å²) in [5, 5.41) is 14.1. The van der Waals surface area contributed by atoms with E-state index in [0.29, 0.717) is 43.6 Å². The van der Waals surface area contributed by atoms with Crippen molar-refractivity contribution < 1.29 is 31.4 Å². The fourth-order valence-electron chi connectivity index (χ4n) is 4.65. The Morgan fingerprint density at radius 3 is 2.25 bits per heavy atom. The summed E-state index contributed by atoms with van der Waals surface area (Å²) in [4.78, 5) is 2.06. The van der Waals surface area contributed by atoms with Crippen LogP contribution >= 0.6 is 0 Å². The Labute approximate surface area is 202 Å². The lowest BCUT2D eigenvalue weighted by Gasteiger charge is -2.31. The fourth-order valence-corrected chi connectivity index (χ4v) is 4.65. The summed E-state index contributed by atoms with van der Waals surface area (Å²) in [6, 6.07) is 11.7. The molecule has 0 unspecified atom stereocenters. The first-order valence-corrected chi connectivity index (χ1v) is 11.4. The van der Waals surface area contributed by atoms with Crippen LogP contribution in [-0.2, 0) is 12.7 Å². The molecule has 0 bridgehead atoms. The number of aliphatic hydroxyl groups excluding tert-OH is 1. The van der Waals surface area contributed by atoms with Gasteiger partial charge in [0.25, 0.3) is 0 Å². The Hall–Kier alpha value is -3.53. The zero-order valence-electron chi connectivity index (χ0n) is 18.9. The lowest BCUT2D eigenvalue weighted by Crippen LogP contribution is -2.35. The molecule has 1 N–H and O–H groups in total. The van der Waals surface area contributed by atoms with Crippen molar-refractivity contribution in [2.24, 2.45) is 0 Å². The molecule has 0 saturated carbocycles. The molecule has 0 spiro atoms. The molecule has 2 heterocycles. The van der Waals surface area contributed by atoms with Crippen LogP contribution < -0.4 is 4.90 Å². The van der Waals surface area contributed by atoms with E-state index in [1.165, 1.54) is 12.1 Å². The maximum absolute atomic E-state index is 14.5. The number of benzene rings is 3. The Morgan fingerprint density at radius 2 is 1.58 bits per heavy atom. The minimum Gasteiger partial charge on any atom is -0.393 e. The smallest absolute Gasteiger partial charge is 0.393 e. The SMILES string of the molecule is OC1CCN(c2cccc(-c3c4cccc(C(F)(F)F)c4nn3Cc3c(F)cc(F)cc3F)c2)CC1. The highest BCUT2D eigenvalue weighted by Gasteiger charge is 2.35. The molecule has 0 amide bonds. The predicted molar refractivity (Wildman–Crippen MR) is 123 cm³/mol. The molecule has 0 aliphatic carbocycles. The summed E-state index contributed by atoms with van der Waals surface area (Å²) in [5.74, 6) is -3.41. The summed E-state index contributed by atoms with van der Waals surface area (Å²) >= 11 is 0. The first-order chi connectivity index (χ1) is 17.1. The van der Waals surface area contributed by atoms with Crippen molar-refractivity contribution in [3.05, 3.63) is 83.2 Å². The van der Waals surface area contributed by atoms with Crippen molar-refractivity contribution in [2.75, 3.05) is 18.0 Å². The molecular weight excluding hydrogens is 484 g/mol. The molecule has 36 heavy (non-hydrogen) atoms. The van der Waals surface area contributed by atoms with Crippen molar-refractivity contribution in [3.63, 3.8) is 0 Å². The minimum absolute atomic E-state index is 0.166. The molecule has 0 radical (unpaired) electrons. The number of halogens is 6. The normalized spacial score (nSPS) is 15.1. The molecule has 1 fully saturated rings. The second kappa shape index (κ2) is 9.16. The summed E-state index contributed by atoms with van der Waals surface area (Å²) in [6.45, 7) is 0.670. The summed E-state index contributed by atoms with van der Waals surface area (Å²) < 4.78 is 84.8. The van der Waals surface area contributed by atoms with Crippen LogP contribution in [0.15, 0.2) is 54.6 Å². The van der Waals surface area contributed by atoms with E-state index < -0.39 is 41.3 Å². The van der Waals surface area contributed by atoms with E-state index in [4.69, 9.17) is 0 Å². The van der Waals surface area contributed by atoms with Crippen LogP contribution in [0, 0.1) is 17.5 Å². The zero-order chi connectivity index (χ0) is 25.6. The molecule has 3 aromatic carbocycles. The van der Waals surface area contributed by atoms with Gasteiger partial charge in [-0.3, -0.25) is 4.68 Å². The fraction of sp³-hybridized carbons (Fsp3) is 0.269. The monoisotopic (exact) mass is 505 g/mol. The number of aromatic nitrogens is 2. The van der Waals surface area contributed by atoms with Crippen molar-refractivity contribution in [1.82, 2.24) is 9.78 Å². The third-order valence-corrected chi connectivity index (χ3v) is 6.44. The van der Waals surface area contributed by atoms with E-state index in [-0.39, 0.29) is 22.7 Å². The summed E-state index contributed by atoms with van der Waals surface area (Å²) in [7, 11) is 0. The molecule has 4 nitrogen and oxygen atoms in total. The van der Waals surface area contributed by atoms with Gasteiger partial charge in [0, 0.05) is 47.4 Å². The quantitative estimate of drug-likeness (QED) is 0.339. The average molecular weight is 505 g/mol. The first kappa shape index (κ1) is 24.2. The molecule has 1 aliphatic heterocycles. The Bertz CT molecular complexity index is 1400. The molecule has 0 atom stereocenters. The van der Waals surface area contributed by atoms with Crippen LogP contribution in [0.3, 0.4) is 0 Å². The van der Waals surface area contributed by atoms with Gasteiger partial charge in [-0.15, -0.1) is 0 Å². The lowest BCUT2D eigenvalue weighted by atomic mass is 10.0. The number of piperidine rings is 1. The summed E-state index contributed by atoms with van der Waals surface area (Å²) in [5.41, 5.74) is -0.288. The number of nitrogens with zero attached hydrogens (tertiary/aromatic N) is 3. The molecule has 10 heteroatoms. The maximum Gasteiger partial charge on any atom is 0.418 e. The van der Waals surface area contributed by atoms with E-state index in [9.17, 15) is 31.4 Å². The van der Waals surface area contributed by atoms with E-state index in [0.717, 1.165) is 16.4 Å². The number of hydrogen-bond acceptors (Lipinski definition) is 3. The second-order valence-electron chi connectivity index (χ2n) is 8.82. The molecule has 4 aromatic rings. The molecule has 1 aromatic heterocycles. The third kappa shape index (κ3) is 4.53. The van der Waals surface area contributed by atoms with Gasteiger partial charge in [0.2, 0.25) is 0 Å². The number of anilines is 1. The van der Waals surface area contributed by atoms with Gasteiger partial charge in [-0.05, 0) is 31.0 Å². The van der Waals surface area contributed by atoms with Crippen molar-refractivity contribution in [3.8, 4) is 11.3 Å².